The molecule has 0 fully saturated rings. The van der Waals surface area contributed by atoms with Gasteiger partial charge in [-0.3, -0.25) is 0 Å². The zero-order chi connectivity index (χ0) is 32.0. The molecule has 0 radical (unpaired) electrons. The molecule has 2 heterocycles. The smallest absolute Gasteiger partial charge is 0.164 e. The van der Waals surface area contributed by atoms with Gasteiger partial charge in [-0.05, 0) is 69.8 Å². The quantitative estimate of drug-likeness (QED) is 0.193. The Hall–Kier alpha value is -6.39. The number of hydrogen-bond acceptors (Lipinski definition) is 4. The summed E-state index contributed by atoms with van der Waals surface area (Å²) in [5, 5.41) is 4.65. The molecule has 0 bridgehead atoms. The first-order valence-electron chi connectivity index (χ1n) is 16.1. The Balaban J connectivity index is 1.15. The van der Waals surface area contributed by atoms with Crippen LogP contribution in [0, 0.1) is 6.92 Å². The van der Waals surface area contributed by atoms with Gasteiger partial charge in [0.15, 0.2) is 17.5 Å². The van der Waals surface area contributed by atoms with E-state index in [1.54, 1.807) is 0 Å². The molecule has 9 aromatic rings. The lowest BCUT2D eigenvalue weighted by molar-refractivity contribution is 0.669. The molecule has 4 nitrogen and oxygen atoms in total. The van der Waals surface area contributed by atoms with Gasteiger partial charge in [-0.1, -0.05) is 133 Å². The molecule has 48 heavy (non-hydrogen) atoms. The predicted molar refractivity (Wildman–Crippen MR) is 197 cm³/mol. The molecule has 0 spiro atoms. The summed E-state index contributed by atoms with van der Waals surface area (Å²) in [7, 11) is 0. The fourth-order valence-corrected chi connectivity index (χ4v) is 6.64. The Bertz CT molecular complexity index is 2610. The topological polar surface area (TPSA) is 51.8 Å². The number of rotatable bonds is 5. The van der Waals surface area contributed by atoms with Crippen LogP contribution < -0.4 is 0 Å². The van der Waals surface area contributed by atoms with Crippen molar-refractivity contribution < 1.29 is 4.42 Å². The van der Waals surface area contributed by atoms with Crippen molar-refractivity contribution >= 4 is 32.7 Å². The molecular weight excluding hydrogens is 587 g/mol. The van der Waals surface area contributed by atoms with Gasteiger partial charge in [-0.2, -0.15) is 0 Å². The Kier molecular flexibility index (Phi) is 6.65. The molecule has 0 atom stereocenters. The largest absolute Gasteiger partial charge is 0.456 e. The van der Waals surface area contributed by atoms with E-state index in [-0.39, 0.29) is 0 Å². The molecule has 0 amide bonds. The maximum Gasteiger partial charge on any atom is 0.164 e. The third-order valence-corrected chi connectivity index (χ3v) is 9.05. The second kappa shape index (κ2) is 11.4. The van der Waals surface area contributed by atoms with Crippen LogP contribution in [0.1, 0.15) is 5.56 Å². The van der Waals surface area contributed by atoms with E-state index in [0.29, 0.717) is 17.5 Å². The van der Waals surface area contributed by atoms with Crippen LogP contribution in [0.5, 0.6) is 0 Å². The van der Waals surface area contributed by atoms with Crippen molar-refractivity contribution in [1.82, 2.24) is 15.0 Å². The minimum Gasteiger partial charge on any atom is -0.456 e. The molecule has 226 valence electrons. The van der Waals surface area contributed by atoms with Gasteiger partial charge in [0.1, 0.15) is 11.2 Å². The molecular formula is C44H29N3O. The molecule has 0 saturated carbocycles. The number of aromatic nitrogens is 3. The summed E-state index contributed by atoms with van der Waals surface area (Å²) in [5.74, 6) is 1.84. The van der Waals surface area contributed by atoms with E-state index in [9.17, 15) is 0 Å². The van der Waals surface area contributed by atoms with Gasteiger partial charge in [-0.25, -0.2) is 15.0 Å². The minimum absolute atomic E-state index is 0.596. The lowest BCUT2D eigenvalue weighted by Gasteiger charge is -2.11. The fourth-order valence-electron chi connectivity index (χ4n) is 6.64. The second-order valence-corrected chi connectivity index (χ2v) is 12.1. The Morgan fingerprint density at radius 1 is 0.396 bits per heavy atom. The lowest BCUT2D eigenvalue weighted by atomic mass is 9.96. The lowest BCUT2D eigenvalue weighted by Crippen LogP contribution is -2.00. The van der Waals surface area contributed by atoms with Gasteiger partial charge in [-0.15, -0.1) is 0 Å². The van der Waals surface area contributed by atoms with Crippen molar-refractivity contribution in [3.63, 3.8) is 0 Å². The van der Waals surface area contributed by atoms with E-state index in [0.717, 1.165) is 55.3 Å². The van der Waals surface area contributed by atoms with Gasteiger partial charge in [0.2, 0.25) is 0 Å². The SMILES string of the molecule is Cc1cc2ccccc2cc1-c1ccc(-c2nc(-c3ccccc3)nc(-c3ccc4c(c3)oc3cccc(-c5ccccc5)c34)n2)cc1. The van der Waals surface area contributed by atoms with Crippen LogP contribution in [0.3, 0.4) is 0 Å². The van der Waals surface area contributed by atoms with Crippen LogP contribution in [0.15, 0.2) is 162 Å². The van der Waals surface area contributed by atoms with E-state index in [1.165, 1.54) is 21.9 Å². The van der Waals surface area contributed by atoms with Crippen LogP contribution in [-0.2, 0) is 0 Å². The Morgan fingerprint density at radius 3 is 1.65 bits per heavy atom. The van der Waals surface area contributed by atoms with Crippen molar-refractivity contribution in [2.24, 2.45) is 0 Å². The van der Waals surface area contributed by atoms with Gasteiger partial charge in [0.25, 0.3) is 0 Å². The summed E-state index contributed by atoms with van der Waals surface area (Å²) < 4.78 is 6.43. The van der Waals surface area contributed by atoms with Crippen LogP contribution in [0.4, 0.5) is 0 Å². The number of nitrogens with zero attached hydrogens (tertiary/aromatic N) is 3. The summed E-state index contributed by atoms with van der Waals surface area (Å²) in [5.41, 5.74) is 10.3. The number of fused-ring (bicyclic) bond motifs is 4. The van der Waals surface area contributed by atoms with Gasteiger partial charge >= 0.3 is 0 Å². The number of furan rings is 1. The van der Waals surface area contributed by atoms with Crippen LogP contribution in [-0.4, -0.2) is 15.0 Å². The molecule has 0 saturated heterocycles. The summed E-state index contributed by atoms with van der Waals surface area (Å²) in [6.45, 7) is 2.17. The first-order chi connectivity index (χ1) is 23.7. The van der Waals surface area contributed by atoms with Gasteiger partial charge < -0.3 is 4.42 Å². The van der Waals surface area contributed by atoms with E-state index < -0.39 is 0 Å². The van der Waals surface area contributed by atoms with Crippen LogP contribution in [0.25, 0.3) is 89.1 Å². The highest BCUT2D eigenvalue weighted by molar-refractivity contribution is 6.13. The summed E-state index contributed by atoms with van der Waals surface area (Å²) in [6.07, 6.45) is 0. The molecule has 4 heteroatoms. The number of benzene rings is 7. The second-order valence-electron chi connectivity index (χ2n) is 12.1. The monoisotopic (exact) mass is 615 g/mol. The molecule has 2 aromatic heterocycles. The molecule has 0 aliphatic rings. The van der Waals surface area contributed by atoms with E-state index in [4.69, 9.17) is 19.4 Å². The van der Waals surface area contributed by atoms with E-state index >= 15 is 0 Å². The highest BCUT2D eigenvalue weighted by Crippen LogP contribution is 2.38. The number of aryl methyl sites for hydroxylation is 1. The molecule has 0 N–H and O–H groups in total. The van der Waals surface area contributed by atoms with E-state index in [1.807, 2.05) is 54.6 Å². The first kappa shape index (κ1) is 27.9. The molecule has 9 rings (SSSR count). The van der Waals surface area contributed by atoms with Gasteiger partial charge in [0, 0.05) is 27.5 Å². The highest BCUT2D eigenvalue weighted by Gasteiger charge is 2.17. The Morgan fingerprint density at radius 2 is 0.938 bits per heavy atom. The maximum atomic E-state index is 6.43. The fraction of sp³-hybridized carbons (Fsp3) is 0.0227. The van der Waals surface area contributed by atoms with Crippen LogP contribution >= 0.6 is 0 Å². The third-order valence-electron chi connectivity index (χ3n) is 9.05. The molecule has 7 aromatic carbocycles. The maximum absolute atomic E-state index is 6.43. The summed E-state index contributed by atoms with van der Waals surface area (Å²) in [4.78, 5) is 14.9. The number of hydrogen-bond donors (Lipinski definition) is 0. The zero-order valence-corrected chi connectivity index (χ0v) is 26.3. The average molecular weight is 616 g/mol. The third kappa shape index (κ3) is 4.91. The standard InChI is InChI=1S/C44H29N3O/c1-28-25-33-15-8-9-16-34(33)26-38(28)30-19-21-32(22-20-30)43-45-42(31-13-6-3-7-14-31)46-44(47-43)35-23-24-37-40(27-35)48-39-18-10-17-36(41(37)39)29-11-4-2-5-12-29/h2-27H,1H3. The zero-order valence-electron chi connectivity index (χ0n) is 26.3. The normalized spacial score (nSPS) is 11.4. The minimum atomic E-state index is 0.596. The van der Waals surface area contributed by atoms with E-state index in [2.05, 4.69) is 110 Å². The van der Waals surface area contributed by atoms with Crippen molar-refractivity contribution in [3.05, 3.63) is 163 Å². The van der Waals surface area contributed by atoms with Crippen molar-refractivity contribution in [1.29, 1.82) is 0 Å². The molecule has 0 aliphatic heterocycles. The highest BCUT2D eigenvalue weighted by atomic mass is 16.3. The average Bonchev–Trinajstić information content (AvgIpc) is 3.53. The predicted octanol–water partition coefficient (Wildman–Crippen LogP) is 11.6. The van der Waals surface area contributed by atoms with Gasteiger partial charge in [0.05, 0.1) is 0 Å². The first-order valence-corrected chi connectivity index (χ1v) is 16.1. The van der Waals surface area contributed by atoms with Crippen molar-refractivity contribution in [3.8, 4) is 56.4 Å². The van der Waals surface area contributed by atoms with Crippen LogP contribution in [0.2, 0.25) is 0 Å². The Labute approximate surface area is 278 Å². The van der Waals surface area contributed by atoms with Crippen molar-refractivity contribution in [2.75, 3.05) is 0 Å². The summed E-state index contributed by atoms with van der Waals surface area (Å²) >= 11 is 0. The molecule has 0 unspecified atom stereocenters. The summed E-state index contributed by atoms with van der Waals surface area (Å²) in [6, 6.07) is 54.5. The van der Waals surface area contributed by atoms with Crippen molar-refractivity contribution in [2.45, 2.75) is 6.92 Å². The molecule has 0 aliphatic carbocycles.